The molecule has 0 saturated carbocycles. The van der Waals surface area contributed by atoms with Crippen molar-refractivity contribution in [3.05, 3.63) is 222 Å². The van der Waals surface area contributed by atoms with Crippen LogP contribution in [0.2, 0.25) is 0 Å². The Morgan fingerprint density at radius 1 is 0.313 bits per heavy atom. The number of para-hydroxylation sites is 1. The van der Waals surface area contributed by atoms with Gasteiger partial charge in [0.2, 0.25) is 0 Å². The number of nitrogens with zero attached hydrogens (tertiary/aromatic N) is 5. The monoisotopic (exact) mass is 867 g/mol. The van der Waals surface area contributed by atoms with E-state index in [9.17, 15) is 34.2 Å². The van der Waals surface area contributed by atoms with Crippen LogP contribution in [0.4, 0.5) is 13.2 Å². The number of fused-ring (bicyclic) bond motifs is 3. The third-order valence-corrected chi connectivity index (χ3v) is 12.1. The Morgan fingerprint density at radius 2 is 0.597 bits per heavy atom. The first-order valence-electron chi connectivity index (χ1n) is 21.2. The molecule has 1 aromatic heterocycles. The zero-order chi connectivity index (χ0) is 46.2. The van der Waals surface area contributed by atoms with E-state index in [2.05, 4.69) is 60.7 Å². The number of benzene rings is 9. The van der Waals surface area contributed by atoms with Crippen LogP contribution in [0.3, 0.4) is 0 Å². The number of halogens is 3. The summed E-state index contributed by atoms with van der Waals surface area (Å²) in [4.78, 5) is 0. The van der Waals surface area contributed by atoms with Crippen molar-refractivity contribution < 1.29 is 13.2 Å². The average Bonchev–Trinajstić information content (AvgIpc) is 3.71. The molecule has 5 nitrogen and oxygen atoms in total. The van der Waals surface area contributed by atoms with Gasteiger partial charge < -0.3 is 4.57 Å². The zero-order valence-corrected chi connectivity index (χ0v) is 35.3. The molecule has 0 saturated heterocycles. The van der Waals surface area contributed by atoms with Crippen LogP contribution in [0.15, 0.2) is 194 Å². The normalized spacial score (nSPS) is 11.1. The lowest BCUT2D eigenvalue weighted by molar-refractivity contribution is -0.137. The van der Waals surface area contributed by atoms with Gasteiger partial charge in [-0.3, -0.25) is 0 Å². The van der Waals surface area contributed by atoms with Crippen molar-refractivity contribution in [1.82, 2.24) is 4.57 Å². The van der Waals surface area contributed by atoms with Crippen molar-refractivity contribution in [2.75, 3.05) is 0 Å². The van der Waals surface area contributed by atoms with Crippen LogP contribution >= 0.6 is 0 Å². The summed E-state index contributed by atoms with van der Waals surface area (Å²) in [6.07, 6.45) is -4.62. The number of rotatable bonds is 7. The van der Waals surface area contributed by atoms with E-state index in [0.717, 1.165) is 83.6 Å². The number of nitriles is 4. The standard InChI is InChI=1S/C59H32F3N5/c60-59(61,62)55-3-1-2-4-58(55)67-56-23-21-45(51-27-47(41-13-5-37(33-63)6-14-41)25-48(28-51)42-15-7-38(34-64)8-16-42)31-53(56)54-32-46(22-24-57(54)67)52-29-49(43-17-9-39(35-65)10-18-43)26-50(30-52)44-19-11-40(36-66)12-20-44/h1-32H. The summed E-state index contributed by atoms with van der Waals surface area (Å²) in [5, 5.41) is 39.5. The van der Waals surface area contributed by atoms with E-state index in [0.29, 0.717) is 33.3 Å². The van der Waals surface area contributed by atoms with Crippen molar-refractivity contribution in [3.8, 4) is 96.7 Å². The second-order valence-corrected chi connectivity index (χ2v) is 16.2. The predicted molar refractivity (Wildman–Crippen MR) is 257 cm³/mol. The molecule has 67 heavy (non-hydrogen) atoms. The van der Waals surface area contributed by atoms with Gasteiger partial charge in [0.15, 0.2) is 0 Å². The summed E-state index contributed by atoms with van der Waals surface area (Å²) in [7, 11) is 0. The van der Waals surface area contributed by atoms with Crippen molar-refractivity contribution in [3.63, 3.8) is 0 Å². The molecule has 0 atom stereocenters. The van der Waals surface area contributed by atoms with Crippen molar-refractivity contribution in [2.45, 2.75) is 6.18 Å². The summed E-state index contributed by atoms with van der Waals surface area (Å²) >= 11 is 0. The largest absolute Gasteiger partial charge is 0.418 e. The van der Waals surface area contributed by atoms with E-state index < -0.39 is 11.7 Å². The fraction of sp³-hybridized carbons (Fsp3) is 0.0169. The summed E-state index contributed by atoms with van der Waals surface area (Å²) in [6.45, 7) is 0. The molecular formula is C59H32F3N5. The topological polar surface area (TPSA) is 100 Å². The molecule has 0 aliphatic rings. The van der Waals surface area contributed by atoms with Crippen LogP contribution in [0.1, 0.15) is 27.8 Å². The molecule has 0 aliphatic carbocycles. The fourth-order valence-corrected chi connectivity index (χ4v) is 8.75. The van der Waals surface area contributed by atoms with Gasteiger partial charge in [0.25, 0.3) is 0 Å². The first-order valence-corrected chi connectivity index (χ1v) is 21.2. The van der Waals surface area contributed by atoms with Gasteiger partial charge >= 0.3 is 6.18 Å². The Balaban J connectivity index is 1.21. The molecule has 0 aliphatic heterocycles. The molecule has 0 amide bonds. The molecule has 0 N–H and O–H groups in total. The van der Waals surface area contributed by atoms with E-state index in [1.807, 2.05) is 84.9 Å². The molecule has 8 heteroatoms. The number of hydrogen-bond acceptors (Lipinski definition) is 4. The second kappa shape index (κ2) is 16.9. The van der Waals surface area contributed by atoms with Crippen molar-refractivity contribution >= 4 is 21.8 Å². The summed E-state index contributed by atoms with van der Waals surface area (Å²) in [5.74, 6) is 0. The van der Waals surface area contributed by atoms with Crippen molar-refractivity contribution in [1.29, 1.82) is 21.0 Å². The number of alkyl halides is 3. The Kier molecular flexibility index (Phi) is 10.5. The second-order valence-electron chi connectivity index (χ2n) is 16.2. The molecule has 0 unspecified atom stereocenters. The van der Waals surface area contributed by atoms with Gasteiger partial charge in [-0.25, -0.2) is 0 Å². The van der Waals surface area contributed by atoms with E-state index in [4.69, 9.17) is 0 Å². The van der Waals surface area contributed by atoms with Gasteiger partial charge in [0.05, 0.1) is 68.8 Å². The Bertz CT molecular complexity index is 3370. The minimum atomic E-state index is -4.62. The van der Waals surface area contributed by atoms with Gasteiger partial charge in [0.1, 0.15) is 0 Å². The Morgan fingerprint density at radius 3 is 0.896 bits per heavy atom. The average molecular weight is 868 g/mol. The SMILES string of the molecule is N#Cc1ccc(-c2cc(-c3ccc(C#N)cc3)cc(-c3ccc4c(c3)c3cc(-c5cc(-c6ccc(C#N)cc6)cc(-c6ccc(C#N)cc6)c5)ccc3n4-c3ccccc3C(F)(F)F)c2)cc1. The van der Waals surface area contributed by atoms with Crippen molar-refractivity contribution in [2.24, 2.45) is 0 Å². The van der Waals surface area contributed by atoms with Crippen LogP contribution < -0.4 is 0 Å². The smallest absolute Gasteiger partial charge is 0.309 e. The number of hydrogen-bond donors (Lipinski definition) is 0. The highest BCUT2D eigenvalue weighted by Gasteiger charge is 2.34. The van der Waals surface area contributed by atoms with E-state index in [1.165, 1.54) is 12.1 Å². The Hall–Kier alpha value is -9.47. The molecule has 0 fully saturated rings. The molecule has 0 radical (unpaired) electrons. The molecule has 314 valence electrons. The summed E-state index contributed by atoms with van der Waals surface area (Å²) < 4.78 is 46.1. The molecular weight excluding hydrogens is 836 g/mol. The number of aromatic nitrogens is 1. The maximum Gasteiger partial charge on any atom is 0.418 e. The van der Waals surface area contributed by atoms with E-state index >= 15 is 0 Å². The van der Waals surface area contributed by atoms with Crippen LogP contribution in [-0.4, -0.2) is 4.57 Å². The summed E-state index contributed by atoms with van der Waals surface area (Å²) in [6, 6.07) is 67.8. The minimum Gasteiger partial charge on any atom is -0.309 e. The highest BCUT2D eigenvalue weighted by Crippen LogP contribution is 2.43. The zero-order valence-electron chi connectivity index (χ0n) is 35.3. The lowest BCUT2D eigenvalue weighted by atomic mass is 9.91. The van der Waals surface area contributed by atoms with Crippen LogP contribution in [0, 0.1) is 45.3 Å². The lowest BCUT2D eigenvalue weighted by Crippen LogP contribution is -2.10. The highest BCUT2D eigenvalue weighted by atomic mass is 19.4. The fourth-order valence-electron chi connectivity index (χ4n) is 8.75. The molecule has 1 heterocycles. The van der Waals surface area contributed by atoms with Crippen LogP contribution in [0.25, 0.3) is 94.3 Å². The van der Waals surface area contributed by atoms with Gasteiger partial charge in [-0.2, -0.15) is 34.2 Å². The molecule has 10 rings (SSSR count). The van der Waals surface area contributed by atoms with E-state index in [1.54, 1.807) is 59.2 Å². The van der Waals surface area contributed by atoms with Gasteiger partial charge in [-0.1, -0.05) is 72.8 Å². The maximum atomic E-state index is 14.8. The summed E-state index contributed by atoms with van der Waals surface area (Å²) in [5.41, 5.74) is 13.1. The minimum absolute atomic E-state index is 0.00679. The van der Waals surface area contributed by atoms with Gasteiger partial charge in [-0.15, -0.1) is 0 Å². The lowest BCUT2D eigenvalue weighted by Gasteiger charge is -2.16. The first-order chi connectivity index (χ1) is 32.6. The van der Waals surface area contributed by atoms with Crippen LogP contribution in [0.5, 0.6) is 0 Å². The molecule has 10 aromatic rings. The quantitative estimate of drug-likeness (QED) is 0.159. The van der Waals surface area contributed by atoms with Crippen LogP contribution in [-0.2, 0) is 6.18 Å². The molecule has 0 bridgehead atoms. The van der Waals surface area contributed by atoms with Gasteiger partial charge in [0, 0.05) is 10.8 Å². The highest BCUT2D eigenvalue weighted by molar-refractivity contribution is 6.12. The third kappa shape index (κ3) is 7.94. The predicted octanol–water partition coefficient (Wildman–Crippen LogP) is 15.3. The van der Waals surface area contributed by atoms with E-state index in [-0.39, 0.29) is 5.69 Å². The molecule has 9 aromatic carbocycles. The Labute approximate surface area is 384 Å². The van der Waals surface area contributed by atoms with Gasteiger partial charge in [-0.05, 0) is 188 Å². The maximum absolute atomic E-state index is 14.8. The third-order valence-electron chi connectivity index (χ3n) is 12.1. The first kappa shape index (κ1) is 41.5. The molecule has 0 spiro atoms.